The average Bonchev–Trinajstić information content (AvgIpc) is 3.19. The Balaban J connectivity index is 1.66. The van der Waals surface area contributed by atoms with E-state index >= 15 is 0 Å². The second-order valence-electron chi connectivity index (χ2n) is 7.75. The fourth-order valence-corrected chi connectivity index (χ4v) is 5.34. The van der Waals surface area contributed by atoms with E-state index in [9.17, 15) is 14.4 Å². The molecule has 0 saturated carbocycles. The SMILES string of the molecule is CCCN1C(=O)/C(=C2\C(=O)N(CC(=O)Nc3c(C)cccc3C)c3ccccc32)SC1=S. The number of fused-ring (bicyclic) bond motifs is 1. The van der Waals surface area contributed by atoms with Gasteiger partial charge in [-0.3, -0.25) is 24.2 Å². The third-order valence-corrected chi connectivity index (χ3v) is 6.94. The topological polar surface area (TPSA) is 69.7 Å². The summed E-state index contributed by atoms with van der Waals surface area (Å²) >= 11 is 6.53. The summed E-state index contributed by atoms with van der Waals surface area (Å²) < 4.78 is 0.454. The molecule has 32 heavy (non-hydrogen) atoms. The molecular formula is C24H23N3O3S2. The molecule has 2 heterocycles. The molecule has 1 N–H and O–H groups in total. The van der Waals surface area contributed by atoms with Crippen molar-refractivity contribution in [2.75, 3.05) is 23.3 Å². The Morgan fingerprint density at radius 1 is 1.00 bits per heavy atom. The fraction of sp³-hybridized carbons (Fsp3) is 0.250. The molecule has 2 aliphatic rings. The lowest BCUT2D eigenvalue weighted by Gasteiger charge is -2.18. The van der Waals surface area contributed by atoms with E-state index in [1.807, 2.05) is 51.1 Å². The molecule has 6 nitrogen and oxygen atoms in total. The number of thioether (sulfide) groups is 1. The predicted molar refractivity (Wildman–Crippen MR) is 132 cm³/mol. The zero-order valence-electron chi connectivity index (χ0n) is 18.1. The maximum Gasteiger partial charge on any atom is 0.267 e. The van der Waals surface area contributed by atoms with Crippen molar-refractivity contribution in [2.24, 2.45) is 0 Å². The number of nitrogens with zero attached hydrogens (tertiary/aromatic N) is 2. The van der Waals surface area contributed by atoms with E-state index < -0.39 is 0 Å². The molecule has 1 fully saturated rings. The number of rotatable bonds is 5. The lowest BCUT2D eigenvalue weighted by atomic mass is 10.1. The number of carbonyl (C=O) groups is 3. The predicted octanol–water partition coefficient (Wildman–Crippen LogP) is 4.27. The zero-order chi connectivity index (χ0) is 23.0. The van der Waals surface area contributed by atoms with Gasteiger partial charge in [-0.1, -0.05) is 67.3 Å². The Morgan fingerprint density at radius 2 is 1.69 bits per heavy atom. The molecule has 1 saturated heterocycles. The van der Waals surface area contributed by atoms with Crippen LogP contribution in [-0.4, -0.2) is 40.0 Å². The number of para-hydroxylation sites is 2. The number of hydrogen-bond acceptors (Lipinski definition) is 5. The fourth-order valence-electron chi connectivity index (χ4n) is 3.96. The molecule has 0 bridgehead atoms. The molecule has 2 aromatic rings. The quantitative estimate of drug-likeness (QED) is 0.528. The molecule has 8 heteroatoms. The van der Waals surface area contributed by atoms with Crippen LogP contribution in [0.1, 0.15) is 30.0 Å². The normalized spacial score (nSPS) is 17.9. The van der Waals surface area contributed by atoms with Crippen LogP contribution in [0.3, 0.4) is 0 Å². The van der Waals surface area contributed by atoms with Crippen molar-refractivity contribution < 1.29 is 14.4 Å². The highest BCUT2D eigenvalue weighted by molar-refractivity contribution is 8.26. The molecular weight excluding hydrogens is 442 g/mol. The van der Waals surface area contributed by atoms with Gasteiger partial charge in [0.05, 0.1) is 16.2 Å². The third-order valence-electron chi connectivity index (χ3n) is 5.49. The van der Waals surface area contributed by atoms with Gasteiger partial charge < -0.3 is 5.32 Å². The number of thiocarbonyl (C=S) groups is 1. The number of nitrogens with one attached hydrogen (secondary N) is 1. The molecule has 4 rings (SSSR count). The standard InChI is InChI=1S/C24H23N3O3S2/c1-4-12-26-23(30)21(32-24(26)31)19-16-10-5-6-11-17(16)27(22(19)29)13-18(28)25-20-14(2)8-7-9-15(20)3/h5-11H,4,12-13H2,1-3H3,(H,25,28)/b21-19+. The minimum absolute atomic E-state index is 0.150. The van der Waals surface area contributed by atoms with Crippen molar-refractivity contribution in [3.8, 4) is 0 Å². The van der Waals surface area contributed by atoms with Crippen LogP contribution >= 0.6 is 24.0 Å². The van der Waals surface area contributed by atoms with Crippen LogP contribution in [0, 0.1) is 13.8 Å². The number of carbonyl (C=O) groups excluding carboxylic acids is 3. The van der Waals surface area contributed by atoms with Crippen molar-refractivity contribution in [3.63, 3.8) is 0 Å². The molecule has 2 aromatic carbocycles. The largest absolute Gasteiger partial charge is 0.324 e. The Labute approximate surface area is 196 Å². The molecule has 0 spiro atoms. The van der Waals surface area contributed by atoms with Crippen molar-refractivity contribution in [1.82, 2.24) is 4.90 Å². The molecule has 0 aliphatic carbocycles. The number of hydrogen-bond donors (Lipinski definition) is 1. The molecule has 0 aromatic heterocycles. The summed E-state index contributed by atoms with van der Waals surface area (Å²) in [4.78, 5) is 42.6. The van der Waals surface area contributed by atoms with Gasteiger partial charge in [0, 0.05) is 17.8 Å². The molecule has 164 valence electrons. The van der Waals surface area contributed by atoms with Gasteiger partial charge in [0.25, 0.3) is 11.8 Å². The van der Waals surface area contributed by atoms with Crippen molar-refractivity contribution in [3.05, 3.63) is 64.1 Å². The van der Waals surface area contributed by atoms with Gasteiger partial charge in [-0.15, -0.1) is 0 Å². The minimum Gasteiger partial charge on any atom is -0.324 e. The first-order valence-corrected chi connectivity index (χ1v) is 11.6. The van der Waals surface area contributed by atoms with E-state index in [1.165, 1.54) is 9.80 Å². The molecule has 2 aliphatic heterocycles. The van der Waals surface area contributed by atoms with Crippen molar-refractivity contribution in [2.45, 2.75) is 27.2 Å². The average molecular weight is 466 g/mol. The van der Waals surface area contributed by atoms with E-state index in [2.05, 4.69) is 5.32 Å². The van der Waals surface area contributed by atoms with Gasteiger partial charge in [0.15, 0.2) is 0 Å². The summed E-state index contributed by atoms with van der Waals surface area (Å²) in [6.07, 6.45) is 0.768. The first-order valence-electron chi connectivity index (χ1n) is 10.4. The van der Waals surface area contributed by atoms with E-state index in [-0.39, 0.29) is 24.3 Å². The van der Waals surface area contributed by atoms with E-state index in [1.54, 1.807) is 12.1 Å². The smallest absolute Gasteiger partial charge is 0.267 e. The van der Waals surface area contributed by atoms with E-state index in [4.69, 9.17) is 12.2 Å². The number of aryl methyl sites for hydroxylation is 2. The van der Waals surface area contributed by atoms with Crippen LogP contribution in [0.4, 0.5) is 11.4 Å². The number of benzene rings is 2. The first-order chi connectivity index (χ1) is 15.3. The Morgan fingerprint density at radius 3 is 2.38 bits per heavy atom. The van der Waals surface area contributed by atoms with Crippen LogP contribution in [0.25, 0.3) is 5.57 Å². The van der Waals surface area contributed by atoms with Gasteiger partial charge >= 0.3 is 0 Å². The van der Waals surface area contributed by atoms with Gasteiger partial charge in [0.1, 0.15) is 10.9 Å². The summed E-state index contributed by atoms with van der Waals surface area (Å²) in [5.41, 5.74) is 4.23. The summed E-state index contributed by atoms with van der Waals surface area (Å²) in [6, 6.07) is 13.0. The molecule has 3 amide bonds. The summed E-state index contributed by atoms with van der Waals surface area (Å²) in [7, 11) is 0. The zero-order valence-corrected chi connectivity index (χ0v) is 19.7. The molecule has 0 radical (unpaired) electrons. The molecule has 0 unspecified atom stereocenters. The Kier molecular flexibility index (Phi) is 6.17. The first kappa shape index (κ1) is 22.2. The lowest BCUT2D eigenvalue weighted by molar-refractivity contribution is -0.122. The second kappa shape index (κ2) is 8.88. The monoisotopic (exact) mass is 465 g/mol. The summed E-state index contributed by atoms with van der Waals surface area (Å²) in [5, 5.41) is 2.93. The lowest BCUT2D eigenvalue weighted by Crippen LogP contribution is -2.36. The highest BCUT2D eigenvalue weighted by Gasteiger charge is 2.42. The highest BCUT2D eigenvalue weighted by Crippen LogP contribution is 2.44. The number of anilines is 2. The van der Waals surface area contributed by atoms with Gasteiger partial charge in [0.2, 0.25) is 5.91 Å². The maximum atomic E-state index is 13.4. The third kappa shape index (κ3) is 3.84. The molecule has 0 atom stereocenters. The van der Waals surface area contributed by atoms with Crippen molar-refractivity contribution >= 4 is 63.0 Å². The summed E-state index contributed by atoms with van der Waals surface area (Å²) in [5.74, 6) is -0.910. The van der Waals surface area contributed by atoms with Crippen LogP contribution < -0.4 is 10.2 Å². The maximum absolute atomic E-state index is 13.4. The highest BCUT2D eigenvalue weighted by atomic mass is 32.2. The Bertz CT molecular complexity index is 1170. The van der Waals surface area contributed by atoms with Crippen LogP contribution in [0.5, 0.6) is 0 Å². The van der Waals surface area contributed by atoms with Crippen molar-refractivity contribution in [1.29, 1.82) is 0 Å². The Hall–Kier alpha value is -2.97. The van der Waals surface area contributed by atoms with Gasteiger partial charge in [-0.2, -0.15) is 0 Å². The summed E-state index contributed by atoms with van der Waals surface area (Å²) in [6.45, 7) is 6.18. The van der Waals surface area contributed by atoms with Crippen LogP contribution in [0.15, 0.2) is 47.4 Å². The minimum atomic E-state index is -0.361. The van der Waals surface area contributed by atoms with E-state index in [0.29, 0.717) is 32.6 Å². The second-order valence-corrected chi connectivity index (χ2v) is 9.40. The number of amides is 3. The van der Waals surface area contributed by atoms with Crippen LogP contribution in [-0.2, 0) is 14.4 Å². The van der Waals surface area contributed by atoms with E-state index in [0.717, 1.165) is 35.0 Å². The van der Waals surface area contributed by atoms with Gasteiger partial charge in [-0.05, 0) is 37.5 Å². The van der Waals surface area contributed by atoms with Gasteiger partial charge in [-0.25, -0.2) is 0 Å². The van der Waals surface area contributed by atoms with Crippen LogP contribution in [0.2, 0.25) is 0 Å².